The summed E-state index contributed by atoms with van der Waals surface area (Å²) in [6.07, 6.45) is 6.05. The number of rotatable bonds is 4. The predicted molar refractivity (Wildman–Crippen MR) is 120 cm³/mol. The molecule has 2 N–H and O–H groups in total. The van der Waals surface area contributed by atoms with Crippen LogP contribution in [0.2, 0.25) is 0 Å². The zero-order valence-electron chi connectivity index (χ0n) is 19.8. The molecule has 0 bridgehead atoms. The Hall–Kier alpha value is -1.73. The number of nitrogens with zero attached hydrogens (tertiary/aromatic N) is 1. The monoisotopic (exact) mass is 423 g/mol. The van der Waals surface area contributed by atoms with Crippen LogP contribution in [0.1, 0.15) is 67.2 Å². The zero-order valence-corrected chi connectivity index (χ0v) is 19.8. The minimum Gasteiger partial charge on any atom is -0.445 e. The van der Waals surface area contributed by atoms with E-state index < -0.39 is 17.2 Å². The summed E-state index contributed by atoms with van der Waals surface area (Å²) in [5.74, 6) is -0.0210. The van der Waals surface area contributed by atoms with E-state index >= 15 is 0 Å². The van der Waals surface area contributed by atoms with E-state index in [0.717, 1.165) is 12.8 Å². The number of hydrogen-bond acceptors (Lipinski definition) is 6. The van der Waals surface area contributed by atoms with Crippen LogP contribution in [0.3, 0.4) is 0 Å². The third-order valence-corrected chi connectivity index (χ3v) is 5.71. The summed E-state index contributed by atoms with van der Waals surface area (Å²) < 4.78 is 5.27. The number of amides is 1. The molecular weight excluding hydrogens is 382 g/mol. The van der Waals surface area contributed by atoms with E-state index in [4.69, 9.17) is 4.74 Å². The standard InChI is InChI=1S/C23H41N3O4/c1-17(2)20(28)23(6)12-10-8-9-11-15-30-21(29)26(7)14-13-22(5,25-18(3)4)19(27)16-24-23/h9,11,17-18,24-25H,8,10,12-16H2,1-7H3/t22-,23-/m1/s1. The van der Waals surface area contributed by atoms with Gasteiger partial charge in [-0.15, -0.1) is 0 Å². The van der Waals surface area contributed by atoms with Crippen LogP contribution >= 0.6 is 0 Å². The molecule has 1 aliphatic heterocycles. The van der Waals surface area contributed by atoms with Crippen LogP contribution in [0.25, 0.3) is 0 Å². The van der Waals surface area contributed by atoms with E-state index in [9.17, 15) is 14.4 Å². The minimum atomic E-state index is -0.825. The van der Waals surface area contributed by atoms with Gasteiger partial charge in [0.1, 0.15) is 6.61 Å². The lowest BCUT2D eigenvalue weighted by molar-refractivity contribution is -0.129. The zero-order chi connectivity index (χ0) is 22.9. The number of nitrogens with one attached hydrogen (secondary N) is 2. The van der Waals surface area contributed by atoms with Crippen molar-refractivity contribution < 1.29 is 19.1 Å². The van der Waals surface area contributed by atoms with E-state index in [2.05, 4.69) is 10.6 Å². The Morgan fingerprint density at radius 1 is 1.17 bits per heavy atom. The van der Waals surface area contributed by atoms with Gasteiger partial charge in [-0.2, -0.15) is 0 Å². The van der Waals surface area contributed by atoms with Crippen LogP contribution in [0, 0.1) is 5.92 Å². The van der Waals surface area contributed by atoms with Gasteiger partial charge in [-0.1, -0.05) is 26.0 Å². The third kappa shape index (κ3) is 7.84. The van der Waals surface area contributed by atoms with Crippen LogP contribution < -0.4 is 10.6 Å². The Kier molecular flexibility index (Phi) is 10.2. The van der Waals surface area contributed by atoms with Gasteiger partial charge in [0.15, 0.2) is 11.6 Å². The van der Waals surface area contributed by atoms with Crippen molar-refractivity contribution in [2.75, 3.05) is 26.7 Å². The Bertz CT molecular complexity index is 632. The molecule has 172 valence electrons. The third-order valence-electron chi connectivity index (χ3n) is 5.71. The maximum Gasteiger partial charge on any atom is 0.409 e. The van der Waals surface area contributed by atoms with Crippen molar-refractivity contribution in [2.45, 2.75) is 84.3 Å². The van der Waals surface area contributed by atoms with Crippen molar-refractivity contribution in [1.29, 1.82) is 0 Å². The average molecular weight is 424 g/mol. The van der Waals surface area contributed by atoms with E-state index in [1.54, 1.807) is 7.05 Å². The second-order valence-corrected chi connectivity index (χ2v) is 9.37. The molecular formula is C23H41N3O4. The second-order valence-electron chi connectivity index (χ2n) is 9.37. The van der Waals surface area contributed by atoms with Gasteiger partial charge in [-0.05, 0) is 53.4 Å². The summed E-state index contributed by atoms with van der Waals surface area (Å²) in [6.45, 7) is 12.2. The molecule has 7 heteroatoms. The highest BCUT2D eigenvalue weighted by Crippen LogP contribution is 2.21. The van der Waals surface area contributed by atoms with Crippen molar-refractivity contribution in [3.8, 4) is 0 Å². The molecule has 0 radical (unpaired) electrons. The lowest BCUT2D eigenvalue weighted by atomic mass is 9.83. The van der Waals surface area contributed by atoms with Gasteiger partial charge in [0.05, 0.1) is 17.6 Å². The van der Waals surface area contributed by atoms with Crippen molar-refractivity contribution in [2.24, 2.45) is 5.92 Å². The van der Waals surface area contributed by atoms with E-state index in [0.29, 0.717) is 19.4 Å². The number of cyclic esters (lactones) is 1. The molecule has 0 aromatic heterocycles. The van der Waals surface area contributed by atoms with Crippen LogP contribution in [-0.2, 0) is 14.3 Å². The molecule has 1 amide bonds. The summed E-state index contributed by atoms with van der Waals surface area (Å²) in [4.78, 5) is 39.8. The first-order chi connectivity index (χ1) is 13.9. The number of Topliss-reactive ketones (excluding diaryl/α,β-unsaturated/α-hetero) is 2. The number of carbonyl (C=O) groups excluding carboxylic acids is 3. The maximum absolute atomic E-state index is 13.3. The first-order valence-electron chi connectivity index (χ1n) is 11.0. The molecule has 0 fully saturated rings. The SMILES string of the molecule is CC(C)N[C@]1(C)CCN(C)C(=O)OCC=CCCC[C@](C)(C(=O)C(C)C)NCC1=O. The van der Waals surface area contributed by atoms with Crippen LogP contribution in [-0.4, -0.2) is 66.4 Å². The smallest absolute Gasteiger partial charge is 0.409 e. The van der Waals surface area contributed by atoms with Gasteiger partial charge < -0.3 is 15.0 Å². The van der Waals surface area contributed by atoms with Crippen molar-refractivity contribution in [3.63, 3.8) is 0 Å². The lowest BCUT2D eigenvalue weighted by Crippen LogP contribution is -2.60. The van der Waals surface area contributed by atoms with Crippen LogP contribution in [0.5, 0.6) is 0 Å². The molecule has 30 heavy (non-hydrogen) atoms. The van der Waals surface area contributed by atoms with E-state index in [1.165, 1.54) is 4.90 Å². The summed E-state index contributed by atoms with van der Waals surface area (Å²) in [5.41, 5.74) is -1.58. The summed E-state index contributed by atoms with van der Waals surface area (Å²) >= 11 is 0. The second kappa shape index (κ2) is 11.6. The molecule has 0 spiro atoms. The number of allylic oxidation sites excluding steroid dienone is 1. The fourth-order valence-corrected chi connectivity index (χ4v) is 3.81. The number of hydrogen-bond donors (Lipinski definition) is 2. The highest BCUT2D eigenvalue weighted by atomic mass is 16.6. The van der Waals surface area contributed by atoms with Crippen molar-refractivity contribution in [3.05, 3.63) is 12.2 Å². The molecule has 0 aliphatic carbocycles. The van der Waals surface area contributed by atoms with Crippen molar-refractivity contribution >= 4 is 17.7 Å². The summed E-state index contributed by atoms with van der Waals surface area (Å²) in [6, 6.07) is 0.0932. The molecule has 0 saturated carbocycles. The Morgan fingerprint density at radius 3 is 2.43 bits per heavy atom. The van der Waals surface area contributed by atoms with Gasteiger partial charge in [0.2, 0.25) is 0 Å². The molecule has 0 saturated heterocycles. The van der Waals surface area contributed by atoms with Gasteiger partial charge in [-0.25, -0.2) is 4.79 Å². The average Bonchev–Trinajstić information content (AvgIpc) is 2.67. The Labute approximate surface area is 182 Å². The highest BCUT2D eigenvalue weighted by Gasteiger charge is 2.38. The van der Waals surface area contributed by atoms with Gasteiger partial charge in [-0.3, -0.25) is 14.9 Å². The fraction of sp³-hybridized carbons (Fsp3) is 0.783. The Balaban J connectivity index is 3.12. The lowest BCUT2D eigenvalue weighted by Gasteiger charge is -2.36. The molecule has 1 aliphatic rings. The van der Waals surface area contributed by atoms with Gasteiger partial charge in [0, 0.05) is 25.6 Å². The highest BCUT2D eigenvalue weighted by molar-refractivity contribution is 5.93. The topological polar surface area (TPSA) is 87.7 Å². The van der Waals surface area contributed by atoms with Gasteiger partial charge >= 0.3 is 6.09 Å². The number of carbonyl (C=O) groups is 3. The first-order valence-corrected chi connectivity index (χ1v) is 11.0. The van der Waals surface area contributed by atoms with Gasteiger partial charge in [0.25, 0.3) is 0 Å². The molecule has 0 aromatic carbocycles. The molecule has 1 heterocycles. The maximum atomic E-state index is 13.3. The number of ketones is 2. The van der Waals surface area contributed by atoms with Crippen LogP contribution in [0.15, 0.2) is 12.2 Å². The number of ether oxygens (including phenoxy) is 1. The molecule has 2 atom stereocenters. The predicted octanol–water partition coefficient (Wildman–Crippen LogP) is 3.08. The quantitative estimate of drug-likeness (QED) is 0.676. The summed E-state index contributed by atoms with van der Waals surface area (Å²) in [5, 5.41) is 6.65. The van der Waals surface area contributed by atoms with E-state index in [-0.39, 0.29) is 36.7 Å². The fourth-order valence-electron chi connectivity index (χ4n) is 3.81. The largest absolute Gasteiger partial charge is 0.445 e. The molecule has 1 rings (SSSR count). The van der Waals surface area contributed by atoms with Crippen molar-refractivity contribution in [1.82, 2.24) is 15.5 Å². The molecule has 0 unspecified atom stereocenters. The minimum absolute atomic E-state index is 0.0206. The van der Waals surface area contributed by atoms with E-state index in [1.807, 2.05) is 53.7 Å². The summed E-state index contributed by atoms with van der Waals surface area (Å²) in [7, 11) is 1.67. The first kappa shape index (κ1) is 26.3. The molecule has 0 aromatic rings. The molecule has 7 nitrogen and oxygen atoms in total. The Morgan fingerprint density at radius 2 is 1.83 bits per heavy atom. The normalized spacial score (nSPS) is 28.1. The van der Waals surface area contributed by atoms with Crippen LogP contribution in [0.4, 0.5) is 4.79 Å².